The molecule has 0 spiro atoms. The summed E-state index contributed by atoms with van der Waals surface area (Å²) in [4.78, 5) is 14.6. The fraction of sp³-hybridized carbons (Fsp3) is 0.458. The van der Waals surface area contributed by atoms with Crippen LogP contribution in [0.4, 0.5) is 4.39 Å². The standard InChI is InChI=1S/C24H29FN2O4/c1-30-12-10-22(28)26-20-14-21(31-19-8-4-7-18(25)13-19)24(29)23(20)27-11-9-16-5-2-3-6-17(16)15-27/h2-8,13,20-21,23-24,29H,9-12,14-15H2,1H3,(H,26,28)/t20-,21-,23+,24+/m1/s1. The van der Waals surface area contributed by atoms with Gasteiger partial charge >= 0.3 is 0 Å². The molecule has 166 valence electrons. The van der Waals surface area contributed by atoms with Crippen molar-refractivity contribution < 1.29 is 23.8 Å². The van der Waals surface area contributed by atoms with Crippen LogP contribution in [0.2, 0.25) is 0 Å². The zero-order valence-electron chi connectivity index (χ0n) is 17.7. The van der Waals surface area contributed by atoms with Gasteiger partial charge in [0.15, 0.2) is 0 Å². The summed E-state index contributed by atoms with van der Waals surface area (Å²) in [5, 5.41) is 14.3. The minimum atomic E-state index is -0.818. The van der Waals surface area contributed by atoms with Crippen molar-refractivity contribution in [2.45, 2.75) is 50.1 Å². The molecule has 2 aromatic rings. The maximum absolute atomic E-state index is 13.6. The number of benzene rings is 2. The Labute approximate surface area is 182 Å². The van der Waals surface area contributed by atoms with Gasteiger partial charge in [0, 0.05) is 39.1 Å². The molecule has 0 saturated heterocycles. The molecule has 31 heavy (non-hydrogen) atoms. The van der Waals surface area contributed by atoms with E-state index in [2.05, 4.69) is 22.3 Å². The van der Waals surface area contributed by atoms with Crippen molar-refractivity contribution in [1.29, 1.82) is 0 Å². The van der Waals surface area contributed by atoms with Crippen LogP contribution < -0.4 is 10.1 Å². The van der Waals surface area contributed by atoms with E-state index in [1.165, 1.54) is 23.3 Å². The molecular weight excluding hydrogens is 399 g/mol. The summed E-state index contributed by atoms with van der Waals surface area (Å²) in [7, 11) is 1.56. The second-order valence-corrected chi connectivity index (χ2v) is 8.24. The maximum atomic E-state index is 13.6. The Kier molecular flexibility index (Phi) is 6.85. The van der Waals surface area contributed by atoms with Gasteiger partial charge in [0.25, 0.3) is 0 Å². The van der Waals surface area contributed by atoms with E-state index < -0.39 is 18.0 Å². The van der Waals surface area contributed by atoms with Crippen molar-refractivity contribution in [1.82, 2.24) is 10.2 Å². The number of hydrogen-bond donors (Lipinski definition) is 2. The largest absolute Gasteiger partial charge is 0.487 e. The van der Waals surface area contributed by atoms with Crippen LogP contribution in [0.25, 0.3) is 0 Å². The average molecular weight is 429 g/mol. The van der Waals surface area contributed by atoms with Crippen molar-refractivity contribution >= 4 is 5.91 Å². The quantitative estimate of drug-likeness (QED) is 0.708. The summed E-state index contributed by atoms with van der Waals surface area (Å²) < 4.78 is 24.6. The number of rotatable bonds is 7. The molecule has 1 saturated carbocycles. The monoisotopic (exact) mass is 428 g/mol. The molecule has 1 amide bonds. The first kappa shape index (κ1) is 21.7. The Balaban J connectivity index is 1.53. The number of fused-ring (bicyclic) bond motifs is 1. The molecule has 6 nitrogen and oxygen atoms in total. The van der Waals surface area contributed by atoms with E-state index in [0.717, 1.165) is 13.0 Å². The van der Waals surface area contributed by atoms with Gasteiger partial charge in [-0.25, -0.2) is 4.39 Å². The van der Waals surface area contributed by atoms with E-state index in [4.69, 9.17) is 9.47 Å². The van der Waals surface area contributed by atoms with Crippen molar-refractivity contribution in [3.63, 3.8) is 0 Å². The van der Waals surface area contributed by atoms with E-state index in [-0.39, 0.29) is 24.4 Å². The number of halogens is 1. The SMILES string of the molecule is COCCC(=O)N[C@@H]1C[C@@H](Oc2cccc(F)c2)[C@H](O)[C@H]1N1CCc2ccccc2C1. The van der Waals surface area contributed by atoms with Gasteiger partial charge in [0.2, 0.25) is 5.91 Å². The molecule has 4 rings (SSSR count). The van der Waals surface area contributed by atoms with Gasteiger partial charge in [-0.2, -0.15) is 0 Å². The lowest BCUT2D eigenvalue weighted by molar-refractivity contribution is -0.123. The Bertz CT molecular complexity index is 909. The van der Waals surface area contributed by atoms with Crippen LogP contribution in [0.5, 0.6) is 5.75 Å². The van der Waals surface area contributed by atoms with E-state index in [9.17, 15) is 14.3 Å². The zero-order valence-corrected chi connectivity index (χ0v) is 17.7. The van der Waals surface area contributed by atoms with Crippen molar-refractivity contribution in [2.75, 3.05) is 20.3 Å². The Morgan fingerprint density at radius 3 is 2.81 bits per heavy atom. The molecule has 0 bridgehead atoms. The van der Waals surface area contributed by atoms with Gasteiger partial charge in [0.05, 0.1) is 18.7 Å². The molecule has 0 unspecified atom stereocenters. The maximum Gasteiger partial charge on any atom is 0.222 e. The molecule has 0 aromatic heterocycles. The van der Waals surface area contributed by atoms with Crippen LogP contribution >= 0.6 is 0 Å². The molecule has 2 aliphatic rings. The summed E-state index contributed by atoms with van der Waals surface area (Å²) in [6, 6.07) is 13.7. The van der Waals surface area contributed by atoms with E-state index >= 15 is 0 Å². The third-order valence-electron chi connectivity index (χ3n) is 6.17. The number of nitrogens with one attached hydrogen (secondary N) is 1. The lowest BCUT2D eigenvalue weighted by Gasteiger charge is -2.38. The fourth-order valence-electron chi connectivity index (χ4n) is 4.68. The fourth-order valence-corrected chi connectivity index (χ4v) is 4.68. The van der Waals surface area contributed by atoms with Gasteiger partial charge in [-0.15, -0.1) is 0 Å². The number of nitrogens with zero attached hydrogens (tertiary/aromatic N) is 1. The highest BCUT2D eigenvalue weighted by molar-refractivity contribution is 5.76. The number of carbonyl (C=O) groups excluding carboxylic acids is 1. The normalized spacial score (nSPS) is 25.8. The minimum absolute atomic E-state index is 0.118. The summed E-state index contributed by atoms with van der Waals surface area (Å²) in [6.45, 7) is 1.83. The highest BCUT2D eigenvalue weighted by Gasteiger charge is 2.47. The molecule has 2 aromatic carbocycles. The topological polar surface area (TPSA) is 71.0 Å². The van der Waals surface area contributed by atoms with E-state index in [1.54, 1.807) is 19.2 Å². The molecule has 2 N–H and O–H groups in total. The first-order valence-corrected chi connectivity index (χ1v) is 10.7. The molecule has 0 radical (unpaired) electrons. The lowest BCUT2D eigenvalue weighted by Crippen LogP contribution is -2.54. The summed E-state index contributed by atoms with van der Waals surface area (Å²) in [5.74, 6) is -0.135. The number of ether oxygens (including phenoxy) is 2. The smallest absolute Gasteiger partial charge is 0.222 e. The molecule has 1 aliphatic carbocycles. The van der Waals surface area contributed by atoms with Gasteiger partial charge in [-0.1, -0.05) is 30.3 Å². The predicted octanol–water partition coefficient (Wildman–Crippen LogP) is 2.29. The molecule has 1 aliphatic heterocycles. The molecular formula is C24H29FN2O4. The van der Waals surface area contributed by atoms with Crippen LogP contribution in [0, 0.1) is 5.82 Å². The Hall–Kier alpha value is -2.48. The molecule has 1 fully saturated rings. The highest BCUT2D eigenvalue weighted by atomic mass is 19.1. The van der Waals surface area contributed by atoms with Crippen LogP contribution in [-0.4, -0.2) is 60.5 Å². The molecule has 1 heterocycles. The second kappa shape index (κ2) is 9.77. The highest BCUT2D eigenvalue weighted by Crippen LogP contribution is 2.32. The number of amides is 1. The van der Waals surface area contributed by atoms with Crippen LogP contribution in [-0.2, 0) is 22.5 Å². The number of aliphatic hydroxyl groups is 1. The van der Waals surface area contributed by atoms with Crippen molar-refractivity contribution in [3.8, 4) is 5.75 Å². The van der Waals surface area contributed by atoms with Crippen molar-refractivity contribution in [3.05, 3.63) is 65.5 Å². The van der Waals surface area contributed by atoms with Gasteiger partial charge in [0.1, 0.15) is 23.8 Å². The van der Waals surface area contributed by atoms with E-state index in [0.29, 0.717) is 25.3 Å². The second-order valence-electron chi connectivity index (χ2n) is 8.24. The summed E-state index contributed by atoms with van der Waals surface area (Å²) in [5.41, 5.74) is 2.55. The predicted molar refractivity (Wildman–Crippen MR) is 114 cm³/mol. The van der Waals surface area contributed by atoms with Crippen LogP contribution in [0.3, 0.4) is 0 Å². The summed E-state index contributed by atoms with van der Waals surface area (Å²) >= 11 is 0. The summed E-state index contributed by atoms with van der Waals surface area (Å²) in [6.07, 6.45) is 0.227. The minimum Gasteiger partial charge on any atom is -0.487 e. The Morgan fingerprint density at radius 2 is 2.03 bits per heavy atom. The molecule has 4 atom stereocenters. The van der Waals surface area contributed by atoms with Gasteiger partial charge in [-0.05, 0) is 29.7 Å². The number of carbonyl (C=O) groups is 1. The first-order valence-electron chi connectivity index (χ1n) is 10.7. The number of hydrogen-bond acceptors (Lipinski definition) is 5. The third-order valence-corrected chi connectivity index (χ3v) is 6.17. The Morgan fingerprint density at radius 1 is 1.23 bits per heavy atom. The van der Waals surface area contributed by atoms with Crippen molar-refractivity contribution in [2.24, 2.45) is 0 Å². The third kappa shape index (κ3) is 5.06. The average Bonchev–Trinajstić information content (AvgIpc) is 3.06. The number of methoxy groups -OCH3 is 1. The molecule has 7 heteroatoms. The van der Waals surface area contributed by atoms with Crippen LogP contribution in [0.1, 0.15) is 24.0 Å². The zero-order chi connectivity index (χ0) is 21.8. The van der Waals surface area contributed by atoms with E-state index in [1.807, 2.05) is 12.1 Å². The lowest BCUT2D eigenvalue weighted by atomic mass is 9.97. The van der Waals surface area contributed by atoms with Gasteiger partial charge < -0.3 is 19.9 Å². The first-order chi connectivity index (χ1) is 15.0. The number of aliphatic hydroxyl groups excluding tert-OH is 1. The van der Waals surface area contributed by atoms with Gasteiger partial charge in [-0.3, -0.25) is 9.69 Å². The van der Waals surface area contributed by atoms with Crippen LogP contribution in [0.15, 0.2) is 48.5 Å².